The number of carboxylic acid groups (broad SMARTS) is 4. The fourth-order valence-corrected chi connectivity index (χ4v) is 0. The van der Waals surface area contributed by atoms with Crippen LogP contribution in [0, 0.1) is 0 Å². The molecule has 0 radical (unpaired) electrons. The van der Waals surface area contributed by atoms with Crippen LogP contribution in [0.5, 0.6) is 0 Å². The van der Waals surface area contributed by atoms with Gasteiger partial charge in [-0.1, -0.05) is 0 Å². The van der Waals surface area contributed by atoms with Crippen molar-refractivity contribution in [3.8, 4) is 0 Å². The Morgan fingerprint density at radius 1 is 0.379 bits per heavy atom. The smallest absolute Gasteiger partial charge is 0.542 e. The number of rotatable bonds is 0. The summed E-state index contributed by atoms with van der Waals surface area (Å²) in [7, 11) is 0. The molecule has 0 aromatic rings. The van der Waals surface area contributed by atoms with Crippen LogP contribution in [0.3, 0.4) is 0 Å². The van der Waals surface area contributed by atoms with Crippen LogP contribution in [-0.2, 0) is 19.2 Å². The molecule has 0 amide bonds. The summed E-state index contributed by atoms with van der Waals surface area (Å²) in [6, 6.07) is 0. The van der Waals surface area contributed by atoms with Gasteiger partial charge in [-0.05, 0) is 0 Å². The van der Waals surface area contributed by atoms with E-state index in [1.54, 1.807) is 0 Å². The van der Waals surface area contributed by atoms with E-state index in [2.05, 4.69) is 0 Å². The van der Waals surface area contributed by atoms with Crippen LogP contribution in [0.2, 0.25) is 0 Å². The first-order valence-corrected chi connectivity index (χ1v) is 4.90. The molecule has 0 bridgehead atoms. The van der Waals surface area contributed by atoms with E-state index in [1.165, 1.54) is 0 Å². The van der Waals surface area contributed by atoms with Crippen molar-refractivity contribution in [2.45, 2.75) is 24.7 Å². The van der Waals surface area contributed by atoms with E-state index < -0.39 is 48.6 Å². The zero-order valence-corrected chi connectivity index (χ0v) is 13.9. The number of carbonyl (C=O) groups is 4. The summed E-state index contributed by atoms with van der Waals surface area (Å²) in [6.07, 6.45) is -20.8. The molecule has 0 saturated heterocycles. The predicted octanol–water partition coefficient (Wildman–Crippen LogP) is -3.19. The zero-order valence-electron chi connectivity index (χ0n) is 12.5. The monoisotopic (exact) mass is 476 g/mol. The maximum absolute atomic E-state index is 10.5. The Labute approximate surface area is 164 Å². The molecule has 168 valence electrons. The second-order valence-electron chi connectivity index (χ2n) is 3.14. The largest absolute Gasteiger partial charge is 2.00 e. The predicted molar refractivity (Wildman–Crippen MR) is 50.0 cm³/mol. The SMILES string of the molecule is O=C([O-])C(F)(F)F.O=C([O-])C(F)(F)F.O=C([O-])C(F)(F)F.O=C([O-])C(F)(F)F.[Mg+2]. The first-order valence-electron chi connectivity index (χ1n) is 4.90. The Morgan fingerprint density at radius 2 is 0.414 bits per heavy atom. The Balaban J connectivity index is -0.0000000873. The molecular formula is C8F12MgO8-2. The summed E-state index contributed by atoms with van der Waals surface area (Å²) in [6.45, 7) is 0. The van der Waals surface area contributed by atoms with E-state index in [0.29, 0.717) is 0 Å². The summed E-state index contributed by atoms with van der Waals surface area (Å²) in [5.74, 6) is -12.0. The minimum atomic E-state index is -5.19. The Hall–Kier alpha value is -2.19. The average molecular weight is 476 g/mol. The molecule has 21 heteroatoms. The number of carboxylic acids is 4. The molecule has 0 atom stereocenters. The van der Waals surface area contributed by atoms with Gasteiger partial charge in [0.15, 0.2) is 0 Å². The third-order valence-corrected chi connectivity index (χ3v) is 0.926. The van der Waals surface area contributed by atoms with E-state index in [1.807, 2.05) is 0 Å². The Bertz CT molecular complexity index is 436. The van der Waals surface area contributed by atoms with Crippen LogP contribution >= 0.6 is 0 Å². The van der Waals surface area contributed by atoms with Crippen molar-refractivity contribution < 1.29 is 92.3 Å². The molecule has 0 aliphatic carbocycles. The molecule has 0 saturated carbocycles. The van der Waals surface area contributed by atoms with Crippen molar-refractivity contribution in [2.75, 3.05) is 0 Å². The van der Waals surface area contributed by atoms with Crippen LogP contribution in [0.4, 0.5) is 52.7 Å². The van der Waals surface area contributed by atoms with Crippen molar-refractivity contribution in [3.05, 3.63) is 0 Å². The maximum atomic E-state index is 10.5. The van der Waals surface area contributed by atoms with E-state index in [9.17, 15) is 52.7 Å². The molecule has 0 spiro atoms. The third kappa shape index (κ3) is 30.8. The number of hydrogen-bond acceptors (Lipinski definition) is 8. The number of alkyl halides is 12. The second kappa shape index (κ2) is 13.9. The molecule has 0 fully saturated rings. The van der Waals surface area contributed by atoms with Gasteiger partial charge in [0.25, 0.3) is 0 Å². The van der Waals surface area contributed by atoms with E-state index in [0.717, 1.165) is 0 Å². The summed E-state index contributed by atoms with van der Waals surface area (Å²) in [4.78, 5) is 35.1. The summed E-state index contributed by atoms with van der Waals surface area (Å²) in [5, 5.41) is 35.1. The zero-order chi connectivity index (χ0) is 24.3. The van der Waals surface area contributed by atoms with Crippen LogP contribution in [0.15, 0.2) is 0 Å². The average Bonchev–Trinajstić information content (AvgIpc) is 2.35. The molecule has 0 aliphatic heterocycles. The molecule has 0 N–H and O–H groups in total. The van der Waals surface area contributed by atoms with Crippen molar-refractivity contribution in [1.29, 1.82) is 0 Å². The van der Waals surface area contributed by atoms with Crippen LogP contribution < -0.4 is 20.4 Å². The van der Waals surface area contributed by atoms with Gasteiger partial charge in [-0.15, -0.1) is 0 Å². The molecule has 0 aromatic carbocycles. The second-order valence-corrected chi connectivity index (χ2v) is 3.14. The van der Waals surface area contributed by atoms with Crippen molar-refractivity contribution in [1.82, 2.24) is 0 Å². The van der Waals surface area contributed by atoms with Crippen LogP contribution in [0.1, 0.15) is 0 Å². The van der Waals surface area contributed by atoms with Gasteiger partial charge in [-0.3, -0.25) is 0 Å². The van der Waals surface area contributed by atoms with Crippen LogP contribution in [0.25, 0.3) is 0 Å². The molecule has 0 aromatic heterocycles. The van der Waals surface area contributed by atoms with Gasteiger partial charge < -0.3 is 39.6 Å². The van der Waals surface area contributed by atoms with Gasteiger partial charge in [0, 0.05) is 0 Å². The van der Waals surface area contributed by atoms with Gasteiger partial charge in [0.05, 0.1) is 0 Å². The van der Waals surface area contributed by atoms with Gasteiger partial charge >= 0.3 is 47.8 Å². The fraction of sp³-hybridized carbons (Fsp3) is 0.500. The normalized spacial score (nSPS) is 10.9. The number of aliphatic carboxylic acids is 4. The third-order valence-electron chi connectivity index (χ3n) is 0.926. The molecule has 0 unspecified atom stereocenters. The van der Waals surface area contributed by atoms with E-state index in [-0.39, 0.29) is 23.1 Å². The molecule has 0 rings (SSSR count). The van der Waals surface area contributed by atoms with Gasteiger partial charge in [-0.2, -0.15) is 52.7 Å². The number of carbonyl (C=O) groups excluding carboxylic acids is 4. The molecule has 8 nitrogen and oxygen atoms in total. The first kappa shape index (κ1) is 37.5. The fourth-order valence-electron chi connectivity index (χ4n) is 0. The molecule has 29 heavy (non-hydrogen) atoms. The van der Waals surface area contributed by atoms with Gasteiger partial charge in [0.2, 0.25) is 0 Å². The van der Waals surface area contributed by atoms with Gasteiger partial charge in [-0.25, -0.2) is 0 Å². The van der Waals surface area contributed by atoms with E-state index in [4.69, 9.17) is 39.6 Å². The topological polar surface area (TPSA) is 161 Å². The standard InChI is InChI=1S/4C2HF3O2.Mg/c4*3-2(4,5)1(6)7;/h4*(H,6,7);/q;;;;+2/p-4. The molecule has 0 aliphatic rings. The summed E-state index contributed by atoms with van der Waals surface area (Å²) >= 11 is 0. The number of hydrogen-bond donors (Lipinski definition) is 0. The number of halogens is 12. The quantitative estimate of drug-likeness (QED) is 0.261. The van der Waals surface area contributed by atoms with Crippen molar-refractivity contribution in [3.63, 3.8) is 0 Å². The van der Waals surface area contributed by atoms with Crippen molar-refractivity contribution >= 4 is 46.9 Å². The molecule has 0 heterocycles. The van der Waals surface area contributed by atoms with Crippen LogP contribution in [-0.4, -0.2) is 71.6 Å². The Kier molecular flexibility index (Phi) is 18.0. The maximum Gasteiger partial charge on any atom is 2.00 e. The van der Waals surface area contributed by atoms with Crippen molar-refractivity contribution in [2.24, 2.45) is 0 Å². The minimum absolute atomic E-state index is 0. The van der Waals surface area contributed by atoms with E-state index >= 15 is 0 Å². The molecular weight excluding hydrogens is 476 g/mol. The summed E-state index contributed by atoms with van der Waals surface area (Å²) < 4.78 is 126. The van der Waals surface area contributed by atoms with Gasteiger partial charge in [0.1, 0.15) is 23.9 Å². The summed E-state index contributed by atoms with van der Waals surface area (Å²) in [5.41, 5.74) is 0. The minimum Gasteiger partial charge on any atom is -0.542 e. The Morgan fingerprint density at radius 3 is 0.414 bits per heavy atom. The first-order chi connectivity index (χ1) is 11.8.